The van der Waals surface area contributed by atoms with E-state index in [1.165, 1.54) is 17.2 Å². The SMILES string of the molecule is C=CC(=O)N(C=C)C(c1cccc(Cl)n1)C(c1cccnc1)c1cccnc1.CC. The number of aromatic nitrogens is 3. The maximum Gasteiger partial charge on any atom is 0.250 e. The van der Waals surface area contributed by atoms with Gasteiger partial charge in [-0.05, 0) is 41.5 Å². The van der Waals surface area contributed by atoms with Crippen molar-refractivity contribution in [2.24, 2.45) is 0 Å². The number of rotatable bonds is 7. The van der Waals surface area contributed by atoms with Crippen LogP contribution in [0.5, 0.6) is 0 Å². The Morgan fingerprint density at radius 3 is 2.03 bits per heavy atom. The third kappa shape index (κ3) is 5.39. The molecule has 0 aliphatic heterocycles. The second kappa shape index (κ2) is 11.6. The zero-order valence-corrected chi connectivity index (χ0v) is 17.9. The Kier molecular flexibility index (Phi) is 8.91. The van der Waals surface area contributed by atoms with Gasteiger partial charge in [0.25, 0.3) is 5.91 Å². The summed E-state index contributed by atoms with van der Waals surface area (Å²) in [5.74, 6) is -0.588. The Balaban J connectivity index is 0.00000155. The van der Waals surface area contributed by atoms with E-state index in [9.17, 15) is 4.79 Å². The Hall–Kier alpha value is -3.31. The summed E-state index contributed by atoms with van der Waals surface area (Å²) >= 11 is 6.16. The number of halogens is 1. The number of amides is 1. The fourth-order valence-electron chi connectivity index (χ4n) is 3.19. The number of hydrogen-bond donors (Lipinski definition) is 0. The highest BCUT2D eigenvalue weighted by molar-refractivity contribution is 6.29. The van der Waals surface area contributed by atoms with E-state index in [4.69, 9.17) is 11.6 Å². The average Bonchev–Trinajstić information content (AvgIpc) is 2.81. The molecule has 0 spiro atoms. The van der Waals surface area contributed by atoms with Crippen LogP contribution in [-0.4, -0.2) is 25.8 Å². The lowest BCUT2D eigenvalue weighted by atomic mass is 9.84. The molecular formula is C24H25ClN4O. The van der Waals surface area contributed by atoms with E-state index < -0.39 is 6.04 Å². The summed E-state index contributed by atoms with van der Waals surface area (Å²) in [7, 11) is 0. The summed E-state index contributed by atoms with van der Waals surface area (Å²) in [6.45, 7) is 11.5. The zero-order chi connectivity index (χ0) is 21.9. The molecule has 0 aliphatic carbocycles. The molecule has 1 atom stereocenters. The molecule has 0 aliphatic rings. The van der Waals surface area contributed by atoms with Crippen LogP contribution >= 0.6 is 11.6 Å². The molecule has 0 aromatic carbocycles. The van der Waals surface area contributed by atoms with E-state index in [1.807, 2.05) is 44.2 Å². The maximum absolute atomic E-state index is 12.7. The topological polar surface area (TPSA) is 59.0 Å². The van der Waals surface area contributed by atoms with Crippen LogP contribution in [-0.2, 0) is 4.79 Å². The molecular weight excluding hydrogens is 396 g/mol. The third-order valence-corrected chi connectivity index (χ3v) is 4.58. The molecule has 0 saturated carbocycles. The lowest BCUT2D eigenvalue weighted by Crippen LogP contribution is -2.34. The van der Waals surface area contributed by atoms with Gasteiger partial charge in [-0.2, -0.15) is 0 Å². The van der Waals surface area contributed by atoms with Crippen molar-refractivity contribution in [3.63, 3.8) is 0 Å². The lowest BCUT2D eigenvalue weighted by Gasteiger charge is -2.34. The van der Waals surface area contributed by atoms with Crippen molar-refractivity contribution in [1.82, 2.24) is 19.9 Å². The Morgan fingerprint density at radius 2 is 1.60 bits per heavy atom. The van der Waals surface area contributed by atoms with Crippen LogP contribution < -0.4 is 0 Å². The van der Waals surface area contributed by atoms with Crippen molar-refractivity contribution in [3.05, 3.63) is 115 Å². The molecule has 1 unspecified atom stereocenters. The molecule has 0 fully saturated rings. The van der Waals surface area contributed by atoms with Gasteiger partial charge in [-0.25, -0.2) is 4.98 Å². The van der Waals surface area contributed by atoms with Gasteiger partial charge < -0.3 is 4.90 Å². The predicted molar refractivity (Wildman–Crippen MR) is 121 cm³/mol. The Bertz CT molecular complexity index is 924. The molecule has 5 nitrogen and oxygen atoms in total. The molecule has 0 radical (unpaired) electrons. The largest absolute Gasteiger partial charge is 0.306 e. The van der Waals surface area contributed by atoms with Crippen molar-refractivity contribution in [2.75, 3.05) is 0 Å². The highest BCUT2D eigenvalue weighted by Gasteiger charge is 2.34. The van der Waals surface area contributed by atoms with E-state index in [-0.39, 0.29) is 11.8 Å². The van der Waals surface area contributed by atoms with Crippen LogP contribution in [0.25, 0.3) is 0 Å². The van der Waals surface area contributed by atoms with E-state index in [0.717, 1.165) is 11.1 Å². The first-order valence-electron chi connectivity index (χ1n) is 9.65. The molecule has 0 N–H and O–H groups in total. The quantitative estimate of drug-likeness (QED) is 0.369. The van der Waals surface area contributed by atoms with Crippen molar-refractivity contribution < 1.29 is 4.79 Å². The van der Waals surface area contributed by atoms with Crippen molar-refractivity contribution >= 4 is 17.5 Å². The number of carbonyl (C=O) groups excluding carboxylic acids is 1. The summed E-state index contributed by atoms with van der Waals surface area (Å²) in [6, 6.07) is 12.4. The summed E-state index contributed by atoms with van der Waals surface area (Å²) in [6.07, 6.45) is 9.69. The number of nitrogens with zero attached hydrogens (tertiary/aromatic N) is 4. The van der Waals surface area contributed by atoms with Gasteiger partial charge in [0.05, 0.1) is 11.7 Å². The maximum atomic E-state index is 12.7. The Labute approximate surface area is 182 Å². The molecule has 30 heavy (non-hydrogen) atoms. The second-order valence-corrected chi connectivity index (χ2v) is 6.40. The van der Waals surface area contributed by atoms with Crippen LogP contribution in [0.3, 0.4) is 0 Å². The van der Waals surface area contributed by atoms with Gasteiger partial charge in [0.15, 0.2) is 0 Å². The van der Waals surface area contributed by atoms with Gasteiger partial charge >= 0.3 is 0 Å². The van der Waals surface area contributed by atoms with Gasteiger partial charge in [-0.1, -0.05) is 56.8 Å². The first-order chi connectivity index (χ1) is 14.7. The van der Waals surface area contributed by atoms with Crippen molar-refractivity contribution in [2.45, 2.75) is 25.8 Å². The fourth-order valence-corrected chi connectivity index (χ4v) is 3.36. The summed E-state index contributed by atoms with van der Waals surface area (Å²) < 4.78 is 0. The first kappa shape index (κ1) is 23.0. The number of hydrogen-bond acceptors (Lipinski definition) is 4. The second-order valence-electron chi connectivity index (χ2n) is 6.01. The highest BCUT2D eigenvalue weighted by atomic mass is 35.5. The summed E-state index contributed by atoms with van der Waals surface area (Å²) in [5, 5.41) is 0.341. The summed E-state index contributed by atoms with van der Waals surface area (Å²) in [4.78, 5) is 27.2. The fraction of sp³-hybridized carbons (Fsp3) is 0.167. The monoisotopic (exact) mass is 420 g/mol. The third-order valence-electron chi connectivity index (χ3n) is 4.37. The Morgan fingerprint density at radius 1 is 1.00 bits per heavy atom. The molecule has 3 heterocycles. The lowest BCUT2D eigenvalue weighted by molar-refractivity contribution is -0.125. The average molecular weight is 421 g/mol. The molecule has 0 bridgehead atoms. The van der Waals surface area contributed by atoms with Crippen LogP contribution in [0.4, 0.5) is 0 Å². The van der Waals surface area contributed by atoms with Gasteiger partial charge in [-0.3, -0.25) is 14.8 Å². The number of carbonyl (C=O) groups is 1. The molecule has 154 valence electrons. The first-order valence-corrected chi connectivity index (χ1v) is 10.0. The predicted octanol–water partition coefficient (Wildman–Crippen LogP) is 5.58. The van der Waals surface area contributed by atoms with Gasteiger partial charge in [0, 0.05) is 36.9 Å². The molecule has 6 heteroatoms. The van der Waals surface area contributed by atoms with E-state index >= 15 is 0 Å². The van der Waals surface area contributed by atoms with Crippen LogP contribution in [0.2, 0.25) is 5.15 Å². The van der Waals surface area contributed by atoms with E-state index in [1.54, 1.807) is 36.9 Å². The molecule has 3 rings (SSSR count). The van der Waals surface area contributed by atoms with E-state index in [2.05, 4.69) is 28.1 Å². The zero-order valence-electron chi connectivity index (χ0n) is 17.1. The molecule has 1 amide bonds. The summed E-state index contributed by atoms with van der Waals surface area (Å²) in [5.41, 5.74) is 2.44. The van der Waals surface area contributed by atoms with Crippen LogP contribution in [0, 0.1) is 0 Å². The van der Waals surface area contributed by atoms with Crippen molar-refractivity contribution in [1.29, 1.82) is 0 Å². The standard InChI is InChI=1S/C22H19ClN4O.C2H6/c1-3-20(28)27(4-2)22(18-10-5-11-19(23)26-18)21(16-8-6-12-24-14-16)17-9-7-13-25-15-17;1-2/h3-15,21-22H,1-2H2;1-2H3. The van der Waals surface area contributed by atoms with Crippen molar-refractivity contribution in [3.8, 4) is 0 Å². The molecule has 3 aromatic rings. The van der Waals surface area contributed by atoms with Crippen LogP contribution in [0.15, 0.2) is 92.7 Å². The number of pyridine rings is 3. The normalized spacial score (nSPS) is 11.1. The van der Waals surface area contributed by atoms with Gasteiger partial charge in [0.1, 0.15) is 5.15 Å². The minimum Gasteiger partial charge on any atom is -0.306 e. The molecule has 0 saturated heterocycles. The van der Waals surface area contributed by atoms with E-state index in [0.29, 0.717) is 10.8 Å². The highest BCUT2D eigenvalue weighted by Crippen LogP contribution is 2.40. The van der Waals surface area contributed by atoms with Gasteiger partial charge in [0.2, 0.25) is 0 Å². The van der Waals surface area contributed by atoms with Gasteiger partial charge in [-0.15, -0.1) is 0 Å². The molecule has 3 aromatic heterocycles. The minimum absolute atomic E-state index is 0.292. The minimum atomic E-state index is -0.518. The van der Waals surface area contributed by atoms with Crippen LogP contribution in [0.1, 0.15) is 42.6 Å². The smallest absolute Gasteiger partial charge is 0.250 e.